The lowest BCUT2D eigenvalue weighted by atomic mass is 9.95. The van der Waals surface area contributed by atoms with Gasteiger partial charge in [-0.1, -0.05) is 13.0 Å². The Balaban J connectivity index is 1.87. The first kappa shape index (κ1) is 17.0. The third kappa shape index (κ3) is 4.79. The lowest BCUT2D eigenvalue weighted by Gasteiger charge is -2.29. The summed E-state index contributed by atoms with van der Waals surface area (Å²) in [6.07, 6.45) is 8.20. The third-order valence-corrected chi connectivity index (χ3v) is 3.89. The van der Waals surface area contributed by atoms with E-state index < -0.39 is 5.54 Å². The first-order valence-electron chi connectivity index (χ1n) is 7.66. The number of pyridine rings is 1. The first-order chi connectivity index (χ1) is 11.1. The molecule has 23 heavy (non-hydrogen) atoms. The van der Waals surface area contributed by atoms with E-state index in [1.165, 1.54) is 0 Å². The van der Waals surface area contributed by atoms with E-state index in [1.54, 1.807) is 18.7 Å². The van der Waals surface area contributed by atoms with Crippen LogP contribution in [0, 0.1) is 0 Å². The Hall–Kier alpha value is -2.41. The van der Waals surface area contributed by atoms with Crippen LogP contribution >= 0.6 is 0 Å². The molecular weight excluding hydrogens is 294 g/mol. The molecule has 2 heterocycles. The second-order valence-corrected chi connectivity index (χ2v) is 5.69. The summed E-state index contributed by atoms with van der Waals surface area (Å²) in [5.74, 6) is 0.775. The number of amides is 2. The van der Waals surface area contributed by atoms with Crippen molar-refractivity contribution in [1.29, 1.82) is 0 Å². The van der Waals surface area contributed by atoms with E-state index >= 15 is 0 Å². The number of carbonyl (C=O) groups excluding carboxylic acids is 1. The molecule has 2 aromatic heterocycles. The number of aliphatic hydroxyl groups excluding tert-OH is 1. The summed E-state index contributed by atoms with van der Waals surface area (Å²) in [7, 11) is 0. The first-order valence-corrected chi connectivity index (χ1v) is 7.66. The van der Waals surface area contributed by atoms with E-state index in [0.29, 0.717) is 13.0 Å². The molecule has 2 aromatic rings. The minimum atomic E-state index is -0.400. The molecular formula is C16H23N5O2. The van der Waals surface area contributed by atoms with Crippen LogP contribution in [0.1, 0.15) is 32.3 Å². The molecule has 7 nitrogen and oxygen atoms in total. The fraction of sp³-hybridized carbons (Fsp3) is 0.438. The number of nitrogens with one attached hydrogen (secondary N) is 2. The fourth-order valence-electron chi connectivity index (χ4n) is 2.14. The molecule has 3 N–H and O–H groups in total. The third-order valence-electron chi connectivity index (χ3n) is 3.89. The predicted molar refractivity (Wildman–Crippen MR) is 87.1 cm³/mol. The van der Waals surface area contributed by atoms with Crippen LogP contribution in [0.5, 0.6) is 0 Å². The molecule has 0 aliphatic carbocycles. The summed E-state index contributed by atoms with van der Waals surface area (Å²) in [5, 5.41) is 14.8. The van der Waals surface area contributed by atoms with Gasteiger partial charge in [0.15, 0.2) is 0 Å². The minimum Gasteiger partial charge on any atom is -0.396 e. The second kappa shape index (κ2) is 7.73. The summed E-state index contributed by atoms with van der Waals surface area (Å²) in [6.45, 7) is 4.34. The number of rotatable bonds is 7. The van der Waals surface area contributed by atoms with Crippen LogP contribution in [-0.2, 0) is 6.54 Å². The minimum absolute atomic E-state index is 0.0459. The van der Waals surface area contributed by atoms with Crippen LogP contribution < -0.4 is 10.6 Å². The lowest BCUT2D eigenvalue weighted by molar-refractivity contribution is 0.200. The summed E-state index contributed by atoms with van der Waals surface area (Å²) >= 11 is 0. The number of aromatic nitrogens is 3. The molecule has 0 aliphatic rings. The molecule has 0 aromatic carbocycles. The Morgan fingerprint density at radius 3 is 2.83 bits per heavy atom. The molecule has 0 aliphatic heterocycles. The summed E-state index contributed by atoms with van der Waals surface area (Å²) < 4.78 is 1.81. The molecule has 1 atom stereocenters. The summed E-state index contributed by atoms with van der Waals surface area (Å²) in [6, 6.07) is 3.54. The quantitative estimate of drug-likeness (QED) is 0.723. The van der Waals surface area contributed by atoms with Crippen molar-refractivity contribution < 1.29 is 9.90 Å². The van der Waals surface area contributed by atoms with Gasteiger partial charge >= 0.3 is 6.03 Å². The number of urea groups is 1. The van der Waals surface area contributed by atoms with Crippen molar-refractivity contribution in [3.63, 3.8) is 0 Å². The maximum Gasteiger partial charge on any atom is 0.315 e. The van der Waals surface area contributed by atoms with E-state index in [-0.39, 0.29) is 12.6 Å². The predicted octanol–water partition coefficient (Wildman–Crippen LogP) is 1.62. The molecule has 0 radical (unpaired) electrons. The maximum atomic E-state index is 12.0. The lowest BCUT2D eigenvalue weighted by Crippen LogP contribution is -2.50. The molecule has 7 heteroatoms. The number of hydrogen-bond acceptors (Lipinski definition) is 4. The number of carbonyl (C=O) groups is 1. The van der Waals surface area contributed by atoms with Crippen LogP contribution in [0.15, 0.2) is 37.1 Å². The van der Waals surface area contributed by atoms with Gasteiger partial charge in [0.1, 0.15) is 12.1 Å². The Morgan fingerprint density at radius 2 is 2.26 bits per heavy atom. The molecule has 0 fully saturated rings. The number of nitrogens with zero attached hydrogens (tertiary/aromatic N) is 3. The van der Waals surface area contributed by atoms with E-state index in [0.717, 1.165) is 17.8 Å². The van der Waals surface area contributed by atoms with Gasteiger partial charge in [0.05, 0.1) is 0 Å². The van der Waals surface area contributed by atoms with Gasteiger partial charge < -0.3 is 15.7 Å². The van der Waals surface area contributed by atoms with Crippen LogP contribution in [-0.4, -0.2) is 37.8 Å². The van der Waals surface area contributed by atoms with E-state index in [4.69, 9.17) is 5.11 Å². The molecule has 0 spiro atoms. The second-order valence-electron chi connectivity index (χ2n) is 5.69. The van der Waals surface area contributed by atoms with Crippen molar-refractivity contribution in [1.82, 2.24) is 25.2 Å². The van der Waals surface area contributed by atoms with E-state index in [1.807, 2.05) is 36.7 Å². The van der Waals surface area contributed by atoms with E-state index in [2.05, 4.69) is 20.6 Å². The van der Waals surface area contributed by atoms with Crippen molar-refractivity contribution in [2.24, 2.45) is 0 Å². The summed E-state index contributed by atoms with van der Waals surface area (Å²) in [5.41, 5.74) is 0.506. The molecule has 124 valence electrons. The van der Waals surface area contributed by atoms with Crippen LogP contribution in [0.4, 0.5) is 4.79 Å². The highest BCUT2D eigenvalue weighted by Gasteiger charge is 2.23. The zero-order valence-electron chi connectivity index (χ0n) is 13.5. The van der Waals surface area contributed by atoms with Crippen molar-refractivity contribution >= 4 is 6.03 Å². The van der Waals surface area contributed by atoms with Crippen molar-refractivity contribution in [2.45, 2.75) is 38.8 Å². The van der Waals surface area contributed by atoms with Gasteiger partial charge in [-0.05, 0) is 31.4 Å². The Kier molecular flexibility index (Phi) is 5.70. The monoisotopic (exact) mass is 317 g/mol. The molecule has 0 saturated heterocycles. The number of aliphatic hydroxyl groups is 1. The van der Waals surface area contributed by atoms with Crippen molar-refractivity contribution in [3.05, 3.63) is 42.6 Å². The highest BCUT2D eigenvalue weighted by molar-refractivity contribution is 5.74. The normalized spacial score (nSPS) is 13.3. The Labute approximate surface area is 135 Å². The average Bonchev–Trinajstić information content (AvgIpc) is 3.08. The van der Waals surface area contributed by atoms with Crippen molar-refractivity contribution in [3.8, 4) is 5.82 Å². The number of imidazole rings is 1. The summed E-state index contributed by atoms with van der Waals surface area (Å²) in [4.78, 5) is 20.3. The van der Waals surface area contributed by atoms with Gasteiger partial charge in [-0.2, -0.15) is 0 Å². The molecule has 0 bridgehead atoms. The largest absolute Gasteiger partial charge is 0.396 e. The van der Waals surface area contributed by atoms with Gasteiger partial charge in [-0.3, -0.25) is 4.57 Å². The number of hydrogen-bond donors (Lipinski definition) is 3. The van der Waals surface area contributed by atoms with E-state index in [9.17, 15) is 4.79 Å². The Bertz CT molecular complexity index is 612. The van der Waals surface area contributed by atoms with Crippen LogP contribution in [0.3, 0.4) is 0 Å². The van der Waals surface area contributed by atoms with Gasteiger partial charge in [0.25, 0.3) is 0 Å². The van der Waals surface area contributed by atoms with Crippen molar-refractivity contribution in [2.75, 3.05) is 6.61 Å². The smallest absolute Gasteiger partial charge is 0.315 e. The maximum absolute atomic E-state index is 12.0. The zero-order valence-corrected chi connectivity index (χ0v) is 13.5. The van der Waals surface area contributed by atoms with Crippen LogP contribution in [0.25, 0.3) is 5.82 Å². The zero-order chi connectivity index (χ0) is 16.7. The molecule has 0 saturated carbocycles. The standard InChI is InChI=1S/C16H23N5O2/c1-3-16(2,6-9-22)20-15(23)19-11-13-4-5-14(18-10-13)21-8-7-17-12-21/h4-5,7-8,10,12,22H,3,6,9,11H2,1-2H3,(H2,19,20,23). The SMILES string of the molecule is CCC(C)(CCO)NC(=O)NCc1ccc(-n2ccnc2)nc1. The highest BCUT2D eigenvalue weighted by Crippen LogP contribution is 2.13. The molecule has 2 rings (SSSR count). The van der Waals surface area contributed by atoms with Gasteiger partial charge in [0, 0.05) is 37.3 Å². The average molecular weight is 317 g/mol. The molecule has 2 amide bonds. The van der Waals surface area contributed by atoms with Crippen LogP contribution in [0.2, 0.25) is 0 Å². The van der Waals surface area contributed by atoms with Gasteiger partial charge in [-0.25, -0.2) is 14.8 Å². The van der Waals surface area contributed by atoms with Gasteiger partial charge in [-0.15, -0.1) is 0 Å². The fourth-order valence-corrected chi connectivity index (χ4v) is 2.14. The topological polar surface area (TPSA) is 92.1 Å². The Morgan fingerprint density at radius 1 is 1.43 bits per heavy atom. The molecule has 1 unspecified atom stereocenters. The van der Waals surface area contributed by atoms with Gasteiger partial charge in [0.2, 0.25) is 0 Å². The highest BCUT2D eigenvalue weighted by atomic mass is 16.3.